The second kappa shape index (κ2) is 9.31. The van der Waals surface area contributed by atoms with Crippen molar-refractivity contribution in [3.63, 3.8) is 0 Å². The van der Waals surface area contributed by atoms with Crippen molar-refractivity contribution in [2.75, 3.05) is 0 Å². The number of carboxylic acid groups (broad SMARTS) is 1. The summed E-state index contributed by atoms with van der Waals surface area (Å²) < 4.78 is 13.0. The van der Waals surface area contributed by atoms with Crippen LogP contribution in [0.5, 0.6) is 5.75 Å². The van der Waals surface area contributed by atoms with Gasteiger partial charge in [0, 0.05) is 13.3 Å². The van der Waals surface area contributed by atoms with Crippen molar-refractivity contribution in [3.05, 3.63) is 71.2 Å². The van der Waals surface area contributed by atoms with Gasteiger partial charge in [-0.05, 0) is 41.5 Å². The summed E-state index contributed by atoms with van der Waals surface area (Å²) >= 11 is 0. The monoisotopic (exact) mass is 386 g/mol. The van der Waals surface area contributed by atoms with Gasteiger partial charge in [-0.15, -0.1) is 0 Å². The van der Waals surface area contributed by atoms with Crippen LogP contribution in [0, 0.1) is 5.82 Å². The lowest BCUT2D eigenvalue weighted by Crippen LogP contribution is -2.45. The Labute approximate surface area is 160 Å². The number of halogens is 1. The predicted molar refractivity (Wildman–Crippen MR) is 99.6 cm³/mol. The first-order chi connectivity index (χ1) is 13.2. The fraction of sp³-hybridized carbons (Fsp3) is 0.150. The number of carbonyl (C=O) groups excluding carboxylic acids is 2. The van der Waals surface area contributed by atoms with Crippen LogP contribution >= 0.6 is 0 Å². The number of benzene rings is 2. The first-order valence-corrected chi connectivity index (χ1v) is 8.31. The maximum absolute atomic E-state index is 13.0. The molecule has 1 atom stereocenters. The molecule has 0 aliphatic carbocycles. The molecule has 0 radical (unpaired) electrons. The molecule has 4 N–H and O–H groups in total. The van der Waals surface area contributed by atoms with Gasteiger partial charge < -0.3 is 20.8 Å². The van der Waals surface area contributed by atoms with Crippen LogP contribution in [0.1, 0.15) is 18.1 Å². The first-order valence-electron chi connectivity index (χ1n) is 8.31. The maximum atomic E-state index is 13.0. The van der Waals surface area contributed by atoms with Gasteiger partial charge in [-0.3, -0.25) is 9.59 Å². The Balaban J connectivity index is 2.21. The third-order valence-electron chi connectivity index (χ3n) is 3.72. The van der Waals surface area contributed by atoms with Crippen LogP contribution in [0.25, 0.3) is 6.08 Å². The van der Waals surface area contributed by atoms with E-state index < -0.39 is 29.6 Å². The van der Waals surface area contributed by atoms with Crippen LogP contribution < -0.4 is 10.6 Å². The Morgan fingerprint density at radius 2 is 1.68 bits per heavy atom. The first kappa shape index (κ1) is 20.6. The SMILES string of the molecule is CC(=O)NC(=Cc1ccc(F)cc1)C(=O)NC(Cc1ccc(O)cc1)C(=O)O. The van der Waals surface area contributed by atoms with Crippen molar-refractivity contribution in [1.82, 2.24) is 10.6 Å². The molecule has 1 unspecified atom stereocenters. The molecule has 2 rings (SSSR count). The molecule has 146 valence electrons. The van der Waals surface area contributed by atoms with Gasteiger partial charge in [-0.25, -0.2) is 9.18 Å². The number of phenols is 1. The third-order valence-corrected chi connectivity index (χ3v) is 3.72. The molecule has 7 nitrogen and oxygen atoms in total. The van der Waals surface area contributed by atoms with E-state index in [0.29, 0.717) is 11.1 Å². The zero-order valence-corrected chi connectivity index (χ0v) is 15.0. The van der Waals surface area contributed by atoms with Crippen molar-refractivity contribution in [3.8, 4) is 5.75 Å². The van der Waals surface area contributed by atoms with E-state index in [-0.39, 0.29) is 17.9 Å². The molecule has 0 aliphatic rings. The molecule has 0 aliphatic heterocycles. The van der Waals surface area contributed by atoms with Crippen LogP contribution in [0.15, 0.2) is 54.2 Å². The summed E-state index contributed by atoms with van der Waals surface area (Å²) in [5, 5.41) is 23.4. The van der Waals surface area contributed by atoms with Gasteiger partial charge in [0.05, 0.1) is 0 Å². The van der Waals surface area contributed by atoms with Crippen molar-refractivity contribution in [2.45, 2.75) is 19.4 Å². The summed E-state index contributed by atoms with van der Waals surface area (Å²) in [4.78, 5) is 35.5. The van der Waals surface area contributed by atoms with Crippen molar-refractivity contribution < 1.29 is 29.0 Å². The standard InChI is InChI=1S/C20H19FN2O5/c1-12(24)22-17(10-13-2-6-15(21)7-3-13)19(26)23-18(20(27)28)11-14-4-8-16(25)9-5-14/h2-10,18,25H,11H2,1H3,(H,22,24)(H,23,26)(H,27,28). The van der Waals surface area contributed by atoms with Crippen LogP contribution in [0.2, 0.25) is 0 Å². The molecule has 2 amide bonds. The number of carboxylic acids is 1. The van der Waals surface area contributed by atoms with Crippen molar-refractivity contribution in [2.24, 2.45) is 0 Å². The minimum absolute atomic E-state index is 0.0226. The molecule has 0 bridgehead atoms. The molecular formula is C20H19FN2O5. The van der Waals surface area contributed by atoms with E-state index in [1.165, 1.54) is 49.4 Å². The number of rotatable bonds is 7. The Bertz CT molecular complexity index is 892. The highest BCUT2D eigenvalue weighted by molar-refractivity contribution is 6.02. The van der Waals surface area contributed by atoms with Crippen LogP contribution in [0.3, 0.4) is 0 Å². The highest BCUT2D eigenvalue weighted by Gasteiger charge is 2.23. The Morgan fingerprint density at radius 3 is 2.21 bits per heavy atom. The summed E-state index contributed by atoms with van der Waals surface area (Å²) in [5.74, 6) is -3.00. The Kier molecular flexibility index (Phi) is 6.86. The van der Waals surface area contributed by atoms with Gasteiger partial charge in [-0.1, -0.05) is 24.3 Å². The number of aliphatic carboxylic acids is 1. The molecule has 0 saturated carbocycles. The number of nitrogens with one attached hydrogen (secondary N) is 2. The van der Waals surface area contributed by atoms with Crippen molar-refractivity contribution >= 4 is 23.9 Å². The zero-order valence-electron chi connectivity index (χ0n) is 15.0. The minimum Gasteiger partial charge on any atom is -0.508 e. The van der Waals surface area contributed by atoms with E-state index in [1.54, 1.807) is 12.1 Å². The molecule has 0 heterocycles. The Morgan fingerprint density at radius 1 is 1.07 bits per heavy atom. The minimum atomic E-state index is -1.26. The van der Waals surface area contributed by atoms with Crippen LogP contribution in [-0.2, 0) is 20.8 Å². The maximum Gasteiger partial charge on any atom is 0.326 e. The highest BCUT2D eigenvalue weighted by Crippen LogP contribution is 2.12. The highest BCUT2D eigenvalue weighted by atomic mass is 19.1. The molecule has 2 aromatic carbocycles. The largest absolute Gasteiger partial charge is 0.508 e. The summed E-state index contributed by atoms with van der Waals surface area (Å²) in [6.07, 6.45) is 1.29. The lowest BCUT2D eigenvalue weighted by atomic mass is 10.1. The van der Waals surface area contributed by atoms with Crippen molar-refractivity contribution in [1.29, 1.82) is 0 Å². The van der Waals surface area contributed by atoms with E-state index in [4.69, 9.17) is 0 Å². The average molecular weight is 386 g/mol. The molecule has 0 fully saturated rings. The van der Waals surface area contributed by atoms with E-state index in [0.717, 1.165) is 0 Å². The zero-order chi connectivity index (χ0) is 20.7. The number of hydrogen-bond donors (Lipinski definition) is 4. The predicted octanol–water partition coefficient (Wildman–Crippen LogP) is 1.82. The van der Waals surface area contributed by atoms with Gasteiger partial charge in [0.1, 0.15) is 23.3 Å². The lowest BCUT2D eigenvalue weighted by molar-refractivity contribution is -0.141. The lowest BCUT2D eigenvalue weighted by Gasteiger charge is -2.16. The van der Waals surface area contributed by atoms with Gasteiger partial charge >= 0.3 is 5.97 Å². The van der Waals surface area contributed by atoms with Gasteiger partial charge in [0.2, 0.25) is 5.91 Å². The summed E-state index contributed by atoms with van der Waals surface area (Å²) in [5.41, 5.74) is 0.871. The summed E-state index contributed by atoms with van der Waals surface area (Å²) in [6.45, 7) is 1.21. The fourth-order valence-corrected chi connectivity index (χ4v) is 2.38. The van der Waals surface area contributed by atoms with E-state index in [1.807, 2.05) is 0 Å². The third kappa shape index (κ3) is 6.24. The van der Waals surface area contributed by atoms with E-state index >= 15 is 0 Å². The smallest absolute Gasteiger partial charge is 0.326 e. The molecule has 0 saturated heterocycles. The summed E-state index contributed by atoms with van der Waals surface area (Å²) in [6, 6.07) is 9.86. The van der Waals surface area contributed by atoms with Crippen LogP contribution in [-0.4, -0.2) is 34.0 Å². The number of amides is 2. The average Bonchev–Trinajstić information content (AvgIpc) is 2.63. The van der Waals surface area contributed by atoms with Gasteiger partial charge in [0.25, 0.3) is 5.91 Å². The van der Waals surface area contributed by atoms with Crippen LogP contribution in [0.4, 0.5) is 4.39 Å². The van der Waals surface area contributed by atoms with E-state index in [9.17, 15) is 29.0 Å². The molecular weight excluding hydrogens is 367 g/mol. The number of phenolic OH excluding ortho intramolecular Hbond substituents is 1. The fourth-order valence-electron chi connectivity index (χ4n) is 2.38. The second-order valence-electron chi connectivity index (χ2n) is 6.03. The van der Waals surface area contributed by atoms with Gasteiger partial charge in [0.15, 0.2) is 0 Å². The number of carbonyl (C=O) groups is 3. The molecule has 8 heteroatoms. The normalized spacial score (nSPS) is 12.1. The topological polar surface area (TPSA) is 116 Å². The van der Waals surface area contributed by atoms with Gasteiger partial charge in [-0.2, -0.15) is 0 Å². The summed E-state index contributed by atoms with van der Waals surface area (Å²) in [7, 11) is 0. The Hall–Kier alpha value is -3.68. The molecule has 2 aromatic rings. The molecule has 0 spiro atoms. The molecule has 0 aromatic heterocycles. The number of aromatic hydroxyl groups is 1. The quantitative estimate of drug-likeness (QED) is 0.542. The number of hydrogen-bond acceptors (Lipinski definition) is 4. The molecule has 28 heavy (non-hydrogen) atoms. The van der Waals surface area contributed by atoms with E-state index in [2.05, 4.69) is 10.6 Å². The second-order valence-corrected chi connectivity index (χ2v) is 6.03.